The molecule has 1 aromatic heterocycles. The molecular formula is C9H8Br2N4O2S. The predicted octanol–water partition coefficient (Wildman–Crippen LogP) is 2.44. The summed E-state index contributed by atoms with van der Waals surface area (Å²) in [7, 11) is -3.71. The second kappa shape index (κ2) is 4.98. The average molecular weight is 396 g/mol. The molecule has 2 aromatic rings. The van der Waals surface area contributed by atoms with Gasteiger partial charge in [0.1, 0.15) is 11.2 Å². The maximum atomic E-state index is 12.1. The number of aromatic nitrogens is 3. The van der Waals surface area contributed by atoms with Crippen LogP contribution in [0.4, 0.5) is 5.95 Å². The van der Waals surface area contributed by atoms with Crippen LogP contribution >= 0.6 is 31.9 Å². The Hall–Kier alpha value is -0.930. The Bertz CT molecular complexity index is 670. The highest BCUT2D eigenvalue weighted by Gasteiger charge is 2.20. The van der Waals surface area contributed by atoms with E-state index in [0.29, 0.717) is 8.95 Å². The molecular weight excluding hydrogens is 388 g/mol. The Labute approximate surface area is 121 Å². The van der Waals surface area contributed by atoms with Gasteiger partial charge in [0, 0.05) is 8.95 Å². The van der Waals surface area contributed by atoms with Crippen molar-refractivity contribution in [1.82, 2.24) is 15.2 Å². The monoisotopic (exact) mass is 394 g/mol. The van der Waals surface area contributed by atoms with E-state index >= 15 is 0 Å². The van der Waals surface area contributed by atoms with Crippen molar-refractivity contribution in [3.8, 4) is 0 Å². The third-order valence-corrected chi connectivity index (χ3v) is 5.30. The minimum absolute atomic E-state index is 0.0681. The summed E-state index contributed by atoms with van der Waals surface area (Å²) in [5.41, 5.74) is 0.931. The summed E-state index contributed by atoms with van der Waals surface area (Å²) in [6.07, 6.45) is 1.22. The van der Waals surface area contributed by atoms with E-state index < -0.39 is 10.0 Å². The molecule has 0 unspecified atom stereocenters. The van der Waals surface area contributed by atoms with E-state index in [-0.39, 0.29) is 10.8 Å². The van der Waals surface area contributed by atoms with Gasteiger partial charge < -0.3 is 0 Å². The summed E-state index contributed by atoms with van der Waals surface area (Å²) >= 11 is 6.54. The van der Waals surface area contributed by atoms with Gasteiger partial charge >= 0.3 is 0 Å². The maximum absolute atomic E-state index is 12.1. The average Bonchev–Trinajstić information content (AvgIpc) is 2.75. The molecule has 0 radical (unpaired) electrons. The van der Waals surface area contributed by atoms with Gasteiger partial charge in [0.25, 0.3) is 10.0 Å². The summed E-state index contributed by atoms with van der Waals surface area (Å²) in [5, 5.41) is 6.00. The number of H-pyrrole nitrogens is 1. The van der Waals surface area contributed by atoms with Crippen LogP contribution in [0, 0.1) is 6.92 Å². The van der Waals surface area contributed by atoms with Crippen molar-refractivity contribution >= 4 is 47.8 Å². The normalized spacial score (nSPS) is 11.5. The highest BCUT2D eigenvalue weighted by Crippen LogP contribution is 2.29. The highest BCUT2D eigenvalue weighted by atomic mass is 79.9. The zero-order valence-corrected chi connectivity index (χ0v) is 13.1. The number of halogens is 2. The van der Waals surface area contributed by atoms with Crippen molar-refractivity contribution in [3.63, 3.8) is 0 Å². The van der Waals surface area contributed by atoms with Crippen molar-refractivity contribution < 1.29 is 8.42 Å². The number of benzene rings is 1. The molecule has 6 nitrogen and oxygen atoms in total. The third kappa shape index (κ3) is 2.73. The molecule has 0 fully saturated rings. The molecule has 9 heteroatoms. The molecule has 0 saturated heterocycles. The van der Waals surface area contributed by atoms with Crippen LogP contribution in [0.3, 0.4) is 0 Å². The van der Waals surface area contributed by atoms with Crippen LogP contribution in [0.2, 0.25) is 0 Å². The van der Waals surface area contributed by atoms with Gasteiger partial charge in [0.05, 0.1) is 0 Å². The zero-order chi connectivity index (χ0) is 13.3. The summed E-state index contributed by atoms with van der Waals surface area (Å²) in [6.45, 7) is 1.87. The SMILES string of the molecule is Cc1cc(Br)c(S(=O)(=O)Nc2ncn[nH]2)cc1Br. The van der Waals surface area contributed by atoms with E-state index in [0.717, 1.165) is 5.56 Å². The van der Waals surface area contributed by atoms with Crippen LogP contribution in [0.25, 0.3) is 0 Å². The topological polar surface area (TPSA) is 87.7 Å². The zero-order valence-electron chi connectivity index (χ0n) is 9.11. The lowest BCUT2D eigenvalue weighted by atomic mass is 10.2. The molecule has 18 heavy (non-hydrogen) atoms. The lowest BCUT2D eigenvalue weighted by molar-refractivity contribution is 0.600. The van der Waals surface area contributed by atoms with E-state index in [1.807, 2.05) is 6.92 Å². The van der Waals surface area contributed by atoms with Gasteiger partial charge in [-0.2, -0.15) is 10.1 Å². The molecule has 0 aliphatic rings. The first-order chi connectivity index (χ1) is 8.40. The summed E-state index contributed by atoms with van der Waals surface area (Å²) in [4.78, 5) is 3.83. The minimum atomic E-state index is -3.71. The van der Waals surface area contributed by atoms with E-state index in [1.165, 1.54) is 12.4 Å². The Morgan fingerprint density at radius 2 is 2.00 bits per heavy atom. The minimum Gasteiger partial charge on any atom is -0.248 e. The molecule has 1 heterocycles. The Morgan fingerprint density at radius 3 is 2.61 bits per heavy atom. The van der Waals surface area contributed by atoms with Gasteiger partial charge in [0.2, 0.25) is 5.95 Å². The van der Waals surface area contributed by atoms with Crippen LogP contribution in [-0.2, 0) is 10.0 Å². The van der Waals surface area contributed by atoms with Crippen LogP contribution < -0.4 is 4.72 Å². The van der Waals surface area contributed by atoms with E-state index in [4.69, 9.17) is 0 Å². The van der Waals surface area contributed by atoms with Gasteiger partial charge in [-0.15, -0.1) is 0 Å². The molecule has 0 aliphatic carbocycles. The molecule has 1 aromatic carbocycles. The molecule has 0 bridgehead atoms. The van der Waals surface area contributed by atoms with E-state index in [2.05, 4.69) is 51.8 Å². The number of sulfonamides is 1. The quantitative estimate of drug-likeness (QED) is 0.835. The molecule has 0 aliphatic heterocycles. The van der Waals surface area contributed by atoms with Crippen LogP contribution in [0.1, 0.15) is 5.56 Å². The van der Waals surface area contributed by atoms with Crippen molar-refractivity contribution in [3.05, 3.63) is 33.0 Å². The first-order valence-corrected chi connectivity index (χ1v) is 7.81. The number of hydrogen-bond donors (Lipinski definition) is 2. The summed E-state index contributed by atoms with van der Waals surface area (Å²) in [5.74, 6) is 0.0681. The van der Waals surface area contributed by atoms with Crippen LogP contribution in [0.5, 0.6) is 0 Å². The number of aromatic amines is 1. The Morgan fingerprint density at radius 1 is 1.28 bits per heavy atom. The summed E-state index contributed by atoms with van der Waals surface area (Å²) < 4.78 is 27.8. The second-order valence-corrected chi connectivity index (χ2v) is 6.83. The Balaban J connectivity index is 2.44. The lowest BCUT2D eigenvalue weighted by Crippen LogP contribution is -2.14. The van der Waals surface area contributed by atoms with E-state index in [1.54, 1.807) is 6.07 Å². The highest BCUT2D eigenvalue weighted by molar-refractivity contribution is 9.11. The van der Waals surface area contributed by atoms with Crippen molar-refractivity contribution in [2.45, 2.75) is 11.8 Å². The number of rotatable bonds is 3. The molecule has 0 amide bonds. The van der Waals surface area contributed by atoms with Crippen LogP contribution in [0.15, 0.2) is 32.3 Å². The number of aryl methyl sites for hydroxylation is 1. The largest absolute Gasteiger partial charge is 0.265 e. The molecule has 96 valence electrons. The molecule has 2 rings (SSSR count). The fraction of sp³-hybridized carbons (Fsp3) is 0.111. The van der Waals surface area contributed by atoms with Crippen molar-refractivity contribution in [1.29, 1.82) is 0 Å². The van der Waals surface area contributed by atoms with Gasteiger partial charge in [-0.3, -0.25) is 0 Å². The standard InChI is InChI=1S/C9H8Br2N4O2S/c1-5-2-7(11)8(3-6(5)10)18(16,17)15-9-12-4-13-14-9/h2-4H,1H3,(H2,12,13,14,15). The smallest absolute Gasteiger partial charge is 0.248 e. The molecule has 0 spiro atoms. The fourth-order valence-corrected chi connectivity index (χ4v) is 3.91. The maximum Gasteiger partial charge on any atom is 0.265 e. The van der Waals surface area contributed by atoms with Crippen molar-refractivity contribution in [2.24, 2.45) is 0 Å². The fourth-order valence-electron chi connectivity index (χ4n) is 1.27. The van der Waals surface area contributed by atoms with E-state index in [9.17, 15) is 8.42 Å². The Kier molecular flexibility index (Phi) is 3.74. The van der Waals surface area contributed by atoms with Gasteiger partial charge in [-0.1, -0.05) is 15.9 Å². The number of nitrogens with one attached hydrogen (secondary N) is 2. The van der Waals surface area contributed by atoms with Crippen LogP contribution in [-0.4, -0.2) is 23.6 Å². The molecule has 2 N–H and O–H groups in total. The predicted molar refractivity (Wildman–Crippen MR) is 73.8 cm³/mol. The van der Waals surface area contributed by atoms with Crippen molar-refractivity contribution in [2.75, 3.05) is 4.72 Å². The number of hydrogen-bond acceptors (Lipinski definition) is 4. The molecule has 0 saturated carbocycles. The first-order valence-electron chi connectivity index (χ1n) is 4.74. The van der Waals surface area contributed by atoms with Gasteiger partial charge in [0.15, 0.2) is 0 Å². The van der Waals surface area contributed by atoms with Gasteiger partial charge in [-0.05, 0) is 40.5 Å². The second-order valence-electron chi connectivity index (χ2n) is 3.47. The van der Waals surface area contributed by atoms with Gasteiger partial charge in [-0.25, -0.2) is 18.2 Å². The first kappa shape index (κ1) is 13.5. The molecule has 0 atom stereocenters. The number of nitrogens with zero attached hydrogens (tertiary/aromatic N) is 2. The lowest BCUT2D eigenvalue weighted by Gasteiger charge is -2.09. The number of anilines is 1. The third-order valence-electron chi connectivity index (χ3n) is 2.15. The summed E-state index contributed by atoms with van der Waals surface area (Å²) in [6, 6.07) is 3.25.